The average molecular weight is 227 g/mol. The fraction of sp³-hybridized carbons (Fsp3) is 0.182. The second kappa shape index (κ2) is 3.66. The molecular formula is C11H8F3NO. The lowest BCUT2D eigenvalue weighted by Crippen LogP contribution is -2.11. The minimum Gasteiger partial charge on any atom is -0.358 e. The van der Waals surface area contributed by atoms with E-state index >= 15 is 0 Å². The highest BCUT2D eigenvalue weighted by Crippen LogP contribution is 2.24. The van der Waals surface area contributed by atoms with Crippen molar-refractivity contribution in [3.63, 3.8) is 0 Å². The van der Waals surface area contributed by atoms with Crippen LogP contribution in [-0.2, 0) is 6.42 Å². The van der Waals surface area contributed by atoms with Crippen LogP contribution in [0.4, 0.5) is 13.2 Å². The normalized spacial score (nSPS) is 11.9. The third kappa shape index (κ3) is 2.24. The Kier molecular flexibility index (Phi) is 2.46. The van der Waals surface area contributed by atoms with Crippen molar-refractivity contribution in [3.05, 3.63) is 35.5 Å². The number of hydrogen-bond acceptors (Lipinski definition) is 1. The van der Waals surface area contributed by atoms with E-state index in [1.807, 2.05) is 0 Å². The first-order chi connectivity index (χ1) is 7.48. The lowest BCUT2D eigenvalue weighted by atomic mass is 10.2. The summed E-state index contributed by atoms with van der Waals surface area (Å²) in [6.07, 6.45) is -4.55. The molecule has 2 rings (SSSR count). The molecule has 1 N–H and O–H groups in total. The van der Waals surface area contributed by atoms with Crippen LogP contribution in [0.25, 0.3) is 10.9 Å². The molecule has 0 aliphatic rings. The molecule has 16 heavy (non-hydrogen) atoms. The van der Waals surface area contributed by atoms with Crippen LogP contribution in [0.5, 0.6) is 0 Å². The van der Waals surface area contributed by atoms with Gasteiger partial charge in [0, 0.05) is 22.2 Å². The standard InChI is InChI=1S/C11H8F3NO/c12-11(13,14)5-9-4-8-3-7(6-16)1-2-10(8)15-9/h1-4,6,15H,5H2. The maximum atomic E-state index is 12.1. The van der Waals surface area contributed by atoms with E-state index in [9.17, 15) is 18.0 Å². The Labute approximate surface area is 89.1 Å². The van der Waals surface area contributed by atoms with E-state index in [1.165, 1.54) is 6.07 Å². The number of benzene rings is 1. The minimum absolute atomic E-state index is 0.102. The van der Waals surface area contributed by atoms with Gasteiger partial charge in [-0.1, -0.05) is 0 Å². The molecule has 1 aromatic carbocycles. The van der Waals surface area contributed by atoms with E-state index in [4.69, 9.17) is 0 Å². The molecule has 0 radical (unpaired) electrons. The molecule has 0 spiro atoms. The summed E-state index contributed by atoms with van der Waals surface area (Å²) in [4.78, 5) is 13.2. The van der Waals surface area contributed by atoms with E-state index in [1.54, 1.807) is 18.2 Å². The van der Waals surface area contributed by atoms with Crippen molar-refractivity contribution in [2.24, 2.45) is 0 Å². The number of nitrogens with one attached hydrogen (secondary N) is 1. The molecule has 0 bridgehead atoms. The van der Waals surface area contributed by atoms with Crippen LogP contribution in [0.2, 0.25) is 0 Å². The number of halogens is 3. The SMILES string of the molecule is O=Cc1ccc2[nH]c(CC(F)(F)F)cc2c1. The van der Waals surface area contributed by atoms with E-state index in [-0.39, 0.29) is 5.69 Å². The predicted octanol–water partition coefficient (Wildman–Crippen LogP) is 3.09. The van der Waals surface area contributed by atoms with Gasteiger partial charge in [0.2, 0.25) is 0 Å². The number of aromatic amines is 1. The van der Waals surface area contributed by atoms with Crippen molar-refractivity contribution in [1.82, 2.24) is 4.98 Å². The van der Waals surface area contributed by atoms with Gasteiger partial charge in [0.1, 0.15) is 6.29 Å². The molecule has 0 amide bonds. The van der Waals surface area contributed by atoms with Crippen LogP contribution in [0.15, 0.2) is 24.3 Å². The Bertz CT molecular complexity index is 527. The van der Waals surface area contributed by atoms with Gasteiger partial charge >= 0.3 is 6.18 Å². The number of fused-ring (bicyclic) bond motifs is 1. The Morgan fingerprint density at radius 2 is 2.00 bits per heavy atom. The fourth-order valence-electron chi connectivity index (χ4n) is 1.60. The topological polar surface area (TPSA) is 32.9 Å². The Hall–Kier alpha value is -1.78. The number of aldehydes is 1. The summed E-state index contributed by atoms with van der Waals surface area (Å²) in [5.41, 5.74) is 1.15. The molecule has 0 fully saturated rings. The highest BCUT2D eigenvalue weighted by atomic mass is 19.4. The number of rotatable bonds is 2. The number of alkyl halides is 3. The smallest absolute Gasteiger partial charge is 0.358 e. The molecular weight excluding hydrogens is 219 g/mol. The molecule has 0 aliphatic carbocycles. The molecule has 0 saturated carbocycles. The molecule has 0 atom stereocenters. The van der Waals surface area contributed by atoms with E-state index < -0.39 is 12.6 Å². The third-order valence-corrected chi connectivity index (χ3v) is 2.23. The predicted molar refractivity (Wildman–Crippen MR) is 53.4 cm³/mol. The number of H-pyrrole nitrogens is 1. The largest absolute Gasteiger partial charge is 0.394 e. The van der Waals surface area contributed by atoms with Crippen molar-refractivity contribution in [2.45, 2.75) is 12.6 Å². The Morgan fingerprint density at radius 1 is 1.25 bits per heavy atom. The first kappa shape index (κ1) is 10.7. The first-order valence-corrected chi connectivity index (χ1v) is 4.61. The summed E-state index contributed by atoms with van der Waals surface area (Å²) in [6.45, 7) is 0. The fourth-order valence-corrected chi connectivity index (χ4v) is 1.60. The summed E-state index contributed by atoms with van der Waals surface area (Å²) in [5, 5.41) is 0.615. The van der Waals surface area contributed by atoms with Gasteiger partial charge in [0.15, 0.2) is 0 Å². The zero-order valence-electron chi connectivity index (χ0n) is 8.14. The lowest BCUT2D eigenvalue weighted by molar-refractivity contribution is -0.127. The zero-order chi connectivity index (χ0) is 11.8. The summed E-state index contributed by atoms with van der Waals surface area (Å²) >= 11 is 0. The second-order valence-corrected chi connectivity index (χ2v) is 3.55. The molecule has 0 unspecified atom stereocenters. The lowest BCUT2D eigenvalue weighted by Gasteiger charge is -2.02. The molecule has 0 saturated heterocycles. The van der Waals surface area contributed by atoms with Gasteiger partial charge in [-0.3, -0.25) is 4.79 Å². The van der Waals surface area contributed by atoms with Crippen molar-refractivity contribution in [3.8, 4) is 0 Å². The maximum absolute atomic E-state index is 12.1. The van der Waals surface area contributed by atoms with Gasteiger partial charge in [-0.15, -0.1) is 0 Å². The molecule has 0 aliphatic heterocycles. The van der Waals surface area contributed by atoms with E-state index in [0.29, 0.717) is 22.8 Å². The van der Waals surface area contributed by atoms with Gasteiger partial charge < -0.3 is 4.98 Å². The molecule has 1 heterocycles. The average Bonchev–Trinajstić information content (AvgIpc) is 2.55. The molecule has 2 nitrogen and oxygen atoms in total. The Balaban J connectivity index is 2.40. The monoisotopic (exact) mass is 227 g/mol. The highest BCUT2D eigenvalue weighted by Gasteiger charge is 2.28. The second-order valence-electron chi connectivity index (χ2n) is 3.55. The minimum atomic E-state index is -4.23. The van der Waals surface area contributed by atoms with Crippen molar-refractivity contribution >= 4 is 17.2 Å². The third-order valence-electron chi connectivity index (χ3n) is 2.23. The highest BCUT2D eigenvalue weighted by molar-refractivity contribution is 5.87. The van der Waals surface area contributed by atoms with E-state index in [0.717, 1.165) is 0 Å². The number of carbonyl (C=O) groups excluding carboxylic acids is 1. The van der Waals surface area contributed by atoms with Crippen molar-refractivity contribution < 1.29 is 18.0 Å². The van der Waals surface area contributed by atoms with Gasteiger partial charge in [0.05, 0.1) is 6.42 Å². The first-order valence-electron chi connectivity index (χ1n) is 4.61. The van der Waals surface area contributed by atoms with E-state index in [2.05, 4.69) is 4.98 Å². The van der Waals surface area contributed by atoms with Gasteiger partial charge in [-0.25, -0.2) is 0 Å². The summed E-state index contributed by atoms with van der Waals surface area (Å²) in [6, 6.07) is 6.12. The van der Waals surface area contributed by atoms with Gasteiger partial charge in [-0.2, -0.15) is 13.2 Å². The molecule has 2 aromatic rings. The van der Waals surface area contributed by atoms with Crippen LogP contribution in [0.1, 0.15) is 16.1 Å². The summed E-state index contributed by atoms with van der Waals surface area (Å²) in [7, 11) is 0. The summed E-state index contributed by atoms with van der Waals surface area (Å²) in [5.74, 6) is 0. The Morgan fingerprint density at radius 3 is 2.62 bits per heavy atom. The quantitative estimate of drug-likeness (QED) is 0.785. The molecule has 84 valence electrons. The van der Waals surface area contributed by atoms with Crippen molar-refractivity contribution in [1.29, 1.82) is 0 Å². The van der Waals surface area contributed by atoms with Crippen LogP contribution >= 0.6 is 0 Å². The van der Waals surface area contributed by atoms with Gasteiger partial charge in [-0.05, 0) is 24.3 Å². The molecule has 5 heteroatoms. The molecule has 1 aromatic heterocycles. The number of carbonyl (C=O) groups is 1. The zero-order valence-corrected chi connectivity index (χ0v) is 8.14. The maximum Gasteiger partial charge on any atom is 0.394 e. The summed E-state index contributed by atoms with van der Waals surface area (Å²) < 4.78 is 36.4. The van der Waals surface area contributed by atoms with Crippen LogP contribution in [-0.4, -0.2) is 17.4 Å². The van der Waals surface area contributed by atoms with Crippen LogP contribution < -0.4 is 0 Å². The van der Waals surface area contributed by atoms with Crippen LogP contribution in [0, 0.1) is 0 Å². The van der Waals surface area contributed by atoms with Crippen LogP contribution in [0.3, 0.4) is 0 Å². The van der Waals surface area contributed by atoms with Crippen molar-refractivity contribution in [2.75, 3.05) is 0 Å². The van der Waals surface area contributed by atoms with Gasteiger partial charge in [0.25, 0.3) is 0 Å². The number of aromatic nitrogens is 1. The number of hydrogen-bond donors (Lipinski definition) is 1.